The number of pyridine rings is 1. The summed E-state index contributed by atoms with van der Waals surface area (Å²) in [7, 11) is -3.62. The highest BCUT2D eigenvalue weighted by Crippen LogP contribution is 2.36. The Morgan fingerprint density at radius 1 is 1.00 bits per heavy atom. The maximum absolute atomic E-state index is 14.0. The van der Waals surface area contributed by atoms with Gasteiger partial charge in [-0.05, 0) is 61.2 Å². The minimum Gasteiger partial charge on any atom is -0.462 e. The van der Waals surface area contributed by atoms with Gasteiger partial charge in [0.15, 0.2) is 0 Å². The number of nitrogens with one attached hydrogen (secondary N) is 1. The molecule has 1 aromatic heterocycles. The highest BCUT2D eigenvalue weighted by molar-refractivity contribution is 7.93. The highest BCUT2D eigenvalue weighted by atomic mass is 32.2. The molecule has 3 aliphatic rings. The molecule has 12 heteroatoms. The predicted molar refractivity (Wildman–Crippen MR) is 170 cm³/mol. The number of carbonyl (C=O) groups excluding carboxylic acids is 3. The zero-order chi connectivity index (χ0) is 31.7. The van der Waals surface area contributed by atoms with Crippen molar-refractivity contribution in [2.75, 3.05) is 60.8 Å². The third-order valence-corrected chi connectivity index (χ3v) is 10.6. The maximum atomic E-state index is 14.0. The van der Waals surface area contributed by atoms with Crippen LogP contribution >= 0.6 is 0 Å². The van der Waals surface area contributed by atoms with Crippen molar-refractivity contribution in [1.82, 2.24) is 15.2 Å². The van der Waals surface area contributed by atoms with E-state index in [9.17, 15) is 22.8 Å². The molecule has 4 heterocycles. The fraction of sp³-hybridized carbons (Fsp3) is 0.394. The lowest BCUT2D eigenvalue weighted by Crippen LogP contribution is -2.49. The van der Waals surface area contributed by atoms with Gasteiger partial charge in [-0.15, -0.1) is 0 Å². The first-order valence-electron chi connectivity index (χ1n) is 15.2. The summed E-state index contributed by atoms with van der Waals surface area (Å²) in [5, 5.41) is 2.85. The summed E-state index contributed by atoms with van der Waals surface area (Å²) in [6, 6.07) is 15.7. The number of hydrogen-bond acceptors (Lipinski definition) is 8. The van der Waals surface area contributed by atoms with Gasteiger partial charge in [0.25, 0.3) is 5.91 Å². The van der Waals surface area contributed by atoms with Crippen LogP contribution in [0.2, 0.25) is 0 Å². The number of piperazine rings is 1. The Balaban J connectivity index is 1.24. The number of esters is 1. The average molecular weight is 632 g/mol. The van der Waals surface area contributed by atoms with Gasteiger partial charge in [0.1, 0.15) is 5.82 Å². The summed E-state index contributed by atoms with van der Waals surface area (Å²) < 4.78 is 33.1. The SMILES string of the molecule is Cc1cnc(N2CCN(C(=O)c3ccc([C@@H]4C(=O)NCC4COC(=O)c4ccccc4)cc3N3CCCS3(=O)=O)CC2)c(C)c1. The Kier molecular flexibility index (Phi) is 8.50. The molecule has 0 bridgehead atoms. The van der Waals surface area contributed by atoms with Crippen LogP contribution in [0.3, 0.4) is 0 Å². The summed E-state index contributed by atoms with van der Waals surface area (Å²) >= 11 is 0. The lowest BCUT2D eigenvalue weighted by Gasteiger charge is -2.36. The first-order valence-corrected chi connectivity index (χ1v) is 16.8. The Labute approximate surface area is 263 Å². The number of ether oxygens (including phenoxy) is 1. The molecule has 1 unspecified atom stereocenters. The quantitative estimate of drug-likeness (QED) is 0.395. The van der Waals surface area contributed by atoms with Gasteiger partial charge in [0.05, 0.1) is 35.1 Å². The van der Waals surface area contributed by atoms with Crippen LogP contribution in [-0.4, -0.2) is 87.7 Å². The topological polar surface area (TPSA) is 129 Å². The minimum absolute atomic E-state index is 0.00555. The summed E-state index contributed by atoms with van der Waals surface area (Å²) in [6.45, 7) is 6.73. The molecule has 2 atom stereocenters. The van der Waals surface area contributed by atoms with E-state index in [2.05, 4.69) is 21.3 Å². The fourth-order valence-electron chi connectivity index (χ4n) is 6.46. The number of anilines is 2. The molecule has 11 nitrogen and oxygen atoms in total. The highest BCUT2D eigenvalue weighted by Gasteiger charge is 2.39. The third kappa shape index (κ3) is 6.24. The lowest BCUT2D eigenvalue weighted by atomic mass is 9.87. The summed E-state index contributed by atoms with van der Waals surface area (Å²) in [5.74, 6) is -1.10. The molecule has 2 aromatic carbocycles. The van der Waals surface area contributed by atoms with Crippen molar-refractivity contribution in [3.8, 4) is 0 Å². The normalized spacial score (nSPS) is 21.1. The van der Waals surface area contributed by atoms with E-state index in [1.54, 1.807) is 47.4 Å². The Bertz CT molecular complexity index is 1720. The fourth-order valence-corrected chi connectivity index (χ4v) is 8.04. The molecule has 0 radical (unpaired) electrons. The van der Waals surface area contributed by atoms with Gasteiger partial charge in [0.2, 0.25) is 15.9 Å². The zero-order valence-electron chi connectivity index (χ0n) is 25.4. The van der Waals surface area contributed by atoms with Crippen LogP contribution < -0.4 is 14.5 Å². The molecule has 0 spiro atoms. The monoisotopic (exact) mass is 631 g/mol. The summed E-state index contributed by atoms with van der Waals surface area (Å²) in [6.07, 6.45) is 2.29. The van der Waals surface area contributed by atoms with Gasteiger partial charge in [-0.1, -0.05) is 30.3 Å². The van der Waals surface area contributed by atoms with E-state index in [1.807, 2.05) is 26.1 Å². The van der Waals surface area contributed by atoms with E-state index < -0.39 is 21.9 Å². The number of nitrogens with zero attached hydrogens (tertiary/aromatic N) is 4. The van der Waals surface area contributed by atoms with Crippen molar-refractivity contribution in [3.63, 3.8) is 0 Å². The van der Waals surface area contributed by atoms with Crippen LogP contribution in [0.4, 0.5) is 11.5 Å². The van der Waals surface area contributed by atoms with Crippen LogP contribution in [0.5, 0.6) is 0 Å². The van der Waals surface area contributed by atoms with E-state index in [4.69, 9.17) is 4.74 Å². The standard InChI is InChI=1S/C33H37N5O6S/c1-22-17-23(2)30(34-19-22)36-12-14-37(15-13-36)32(40)27-10-9-25(18-28(27)38-11-6-16-45(38,42)43)29-26(20-35-31(29)39)21-44-33(41)24-7-4-3-5-8-24/h3-5,7-10,17-19,26,29H,6,11-16,20-21H2,1-2H3,(H,35,39)/t26?,29-/m0/s1. The molecule has 45 heavy (non-hydrogen) atoms. The summed E-state index contributed by atoms with van der Waals surface area (Å²) in [4.78, 5) is 48.1. The molecular weight excluding hydrogens is 594 g/mol. The number of aryl methyl sites for hydroxylation is 2. The van der Waals surface area contributed by atoms with Crippen LogP contribution in [0.15, 0.2) is 60.8 Å². The number of sulfonamides is 1. The number of carbonyl (C=O) groups is 3. The number of rotatable bonds is 7. The van der Waals surface area contributed by atoms with Crippen LogP contribution in [0.1, 0.15) is 49.7 Å². The van der Waals surface area contributed by atoms with Crippen molar-refractivity contribution < 1.29 is 27.5 Å². The zero-order valence-corrected chi connectivity index (χ0v) is 26.3. The van der Waals surface area contributed by atoms with Crippen molar-refractivity contribution in [2.24, 2.45) is 5.92 Å². The molecule has 236 valence electrons. The smallest absolute Gasteiger partial charge is 0.338 e. The van der Waals surface area contributed by atoms with E-state index in [1.165, 1.54) is 4.31 Å². The predicted octanol–water partition coefficient (Wildman–Crippen LogP) is 2.89. The Hall–Kier alpha value is -4.45. The van der Waals surface area contributed by atoms with Crippen LogP contribution in [0, 0.1) is 19.8 Å². The van der Waals surface area contributed by atoms with Crippen molar-refractivity contribution in [3.05, 3.63) is 88.6 Å². The second-order valence-corrected chi connectivity index (χ2v) is 13.9. The number of amides is 2. The Morgan fingerprint density at radius 3 is 2.44 bits per heavy atom. The van der Waals surface area contributed by atoms with Crippen molar-refractivity contribution in [2.45, 2.75) is 26.2 Å². The van der Waals surface area contributed by atoms with Gasteiger partial charge in [0, 0.05) is 51.4 Å². The van der Waals surface area contributed by atoms with E-state index in [-0.39, 0.29) is 47.9 Å². The first kappa shape index (κ1) is 30.6. The molecule has 6 rings (SSSR count). The molecule has 0 saturated carbocycles. The van der Waals surface area contributed by atoms with Gasteiger partial charge in [-0.25, -0.2) is 18.2 Å². The molecule has 3 aromatic rings. The Morgan fingerprint density at radius 2 is 1.76 bits per heavy atom. The van der Waals surface area contributed by atoms with Gasteiger partial charge in [-0.2, -0.15) is 0 Å². The van der Waals surface area contributed by atoms with Crippen LogP contribution in [0.25, 0.3) is 0 Å². The van der Waals surface area contributed by atoms with E-state index in [0.717, 1.165) is 16.9 Å². The van der Waals surface area contributed by atoms with E-state index in [0.29, 0.717) is 50.3 Å². The van der Waals surface area contributed by atoms with Crippen LogP contribution in [-0.2, 0) is 19.6 Å². The third-order valence-electron chi connectivity index (χ3n) is 8.76. The molecular formula is C33H37N5O6S. The second kappa shape index (κ2) is 12.5. The number of benzene rings is 2. The van der Waals surface area contributed by atoms with Gasteiger partial charge < -0.3 is 19.9 Å². The molecule has 1 N–H and O–H groups in total. The number of hydrogen-bond donors (Lipinski definition) is 1. The van der Waals surface area contributed by atoms with E-state index >= 15 is 0 Å². The molecule has 2 amide bonds. The minimum atomic E-state index is -3.62. The van der Waals surface area contributed by atoms with Gasteiger partial charge >= 0.3 is 5.97 Å². The van der Waals surface area contributed by atoms with Gasteiger partial charge in [-0.3, -0.25) is 13.9 Å². The molecule has 0 aliphatic carbocycles. The second-order valence-electron chi connectivity index (χ2n) is 11.9. The summed E-state index contributed by atoms with van der Waals surface area (Å²) in [5.41, 5.74) is 3.73. The van der Waals surface area contributed by atoms with Crippen molar-refractivity contribution >= 4 is 39.3 Å². The first-order chi connectivity index (χ1) is 21.6. The maximum Gasteiger partial charge on any atom is 0.338 e. The molecule has 3 aliphatic heterocycles. The molecule has 3 fully saturated rings. The van der Waals surface area contributed by atoms with Crippen molar-refractivity contribution in [1.29, 1.82) is 0 Å². The largest absolute Gasteiger partial charge is 0.462 e. The molecule has 3 saturated heterocycles. The number of aromatic nitrogens is 1. The lowest BCUT2D eigenvalue weighted by molar-refractivity contribution is -0.120. The average Bonchev–Trinajstić information content (AvgIpc) is 3.60.